The molecule has 0 aliphatic heterocycles. The predicted molar refractivity (Wildman–Crippen MR) is 91.5 cm³/mol. The molecule has 24 heavy (non-hydrogen) atoms. The summed E-state index contributed by atoms with van der Waals surface area (Å²) >= 11 is 0. The van der Waals surface area contributed by atoms with E-state index in [0.29, 0.717) is 16.7 Å². The molecule has 2 aromatic carbocycles. The van der Waals surface area contributed by atoms with Crippen LogP contribution >= 0.6 is 0 Å². The topological polar surface area (TPSA) is 71.4 Å². The molecule has 0 radical (unpaired) electrons. The zero-order valence-electron chi connectivity index (χ0n) is 13.5. The van der Waals surface area contributed by atoms with Crippen LogP contribution in [0.3, 0.4) is 0 Å². The number of Topliss-reactive ketones (excluding diaryl/α,β-unsaturated/α-hetero) is 3. The Morgan fingerprint density at radius 3 is 1.92 bits per heavy atom. The highest BCUT2D eigenvalue weighted by Gasteiger charge is 2.18. The van der Waals surface area contributed by atoms with E-state index in [4.69, 9.17) is 0 Å². The van der Waals surface area contributed by atoms with Gasteiger partial charge in [0, 0.05) is 5.56 Å². The maximum atomic E-state index is 12.3. The summed E-state index contributed by atoms with van der Waals surface area (Å²) in [6.45, 7) is 2.67. The molecule has 1 atom stereocenters. The SMILES string of the molecule is CC(=O)C(=Cc1ccc(C(=O)C(O)c2ccccc2)cc1)C(C)=O. The first-order chi connectivity index (χ1) is 11.4. The van der Waals surface area contributed by atoms with Gasteiger partial charge in [-0.2, -0.15) is 0 Å². The fourth-order valence-electron chi connectivity index (χ4n) is 2.31. The van der Waals surface area contributed by atoms with Crippen molar-refractivity contribution in [2.75, 3.05) is 0 Å². The molecule has 0 saturated heterocycles. The number of aliphatic hydroxyl groups is 1. The van der Waals surface area contributed by atoms with Crippen LogP contribution in [-0.4, -0.2) is 22.5 Å². The van der Waals surface area contributed by atoms with Gasteiger partial charge < -0.3 is 5.11 Å². The molecule has 0 heterocycles. The van der Waals surface area contributed by atoms with Gasteiger partial charge in [-0.25, -0.2) is 0 Å². The van der Waals surface area contributed by atoms with Crippen molar-refractivity contribution in [3.8, 4) is 0 Å². The van der Waals surface area contributed by atoms with Gasteiger partial charge >= 0.3 is 0 Å². The van der Waals surface area contributed by atoms with Gasteiger partial charge in [-0.1, -0.05) is 54.6 Å². The van der Waals surface area contributed by atoms with Crippen molar-refractivity contribution in [3.05, 3.63) is 76.9 Å². The Balaban J connectivity index is 2.23. The summed E-state index contributed by atoms with van der Waals surface area (Å²) in [5.74, 6) is -1.01. The van der Waals surface area contributed by atoms with Gasteiger partial charge in [0.2, 0.25) is 0 Å². The van der Waals surface area contributed by atoms with E-state index in [2.05, 4.69) is 0 Å². The van der Waals surface area contributed by atoms with Crippen LogP contribution in [0, 0.1) is 0 Å². The first kappa shape index (κ1) is 17.5. The monoisotopic (exact) mass is 322 g/mol. The normalized spacial score (nSPS) is 11.5. The second-order valence-corrected chi connectivity index (χ2v) is 5.47. The van der Waals surface area contributed by atoms with Gasteiger partial charge in [0.15, 0.2) is 17.3 Å². The van der Waals surface area contributed by atoms with E-state index in [1.165, 1.54) is 19.9 Å². The molecule has 4 heteroatoms. The van der Waals surface area contributed by atoms with Crippen LogP contribution in [0.15, 0.2) is 60.2 Å². The highest BCUT2D eigenvalue weighted by molar-refractivity contribution is 6.21. The number of allylic oxidation sites excluding steroid dienone is 1. The lowest BCUT2D eigenvalue weighted by Crippen LogP contribution is -2.12. The molecule has 0 aliphatic carbocycles. The average molecular weight is 322 g/mol. The average Bonchev–Trinajstić information content (AvgIpc) is 2.59. The molecule has 0 saturated carbocycles. The van der Waals surface area contributed by atoms with E-state index in [0.717, 1.165) is 0 Å². The highest BCUT2D eigenvalue weighted by Crippen LogP contribution is 2.19. The maximum absolute atomic E-state index is 12.3. The molecule has 0 bridgehead atoms. The first-order valence-corrected chi connectivity index (χ1v) is 7.51. The van der Waals surface area contributed by atoms with Gasteiger partial charge in [-0.15, -0.1) is 0 Å². The van der Waals surface area contributed by atoms with Crippen molar-refractivity contribution in [2.24, 2.45) is 0 Å². The van der Waals surface area contributed by atoms with Crippen LogP contribution in [0.25, 0.3) is 6.08 Å². The zero-order valence-corrected chi connectivity index (χ0v) is 13.5. The van der Waals surface area contributed by atoms with E-state index in [1.807, 2.05) is 6.07 Å². The lowest BCUT2D eigenvalue weighted by molar-refractivity contribution is -0.119. The van der Waals surface area contributed by atoms with E-state index < -0.39 is 11.9 Å². The van der Waals surface area contributed by atoms with Crippen molar-refractivity contribution in [1.82, 2.24) is 0 Å². The van der Waals surface area contributed by atoms with Crippen molar-refractivity contribution in [1.29, 1.82) is 0 Å². The Labute approximate surface area is 140 Å². The van der Waals surface area contributed by atoms with Crippen LogP contribution in [0.5, 0.6) is 0 Å². The minimum absolute atomic E-state index is 0.110. The van der Waals surface area contributed by atoms with Crippen LogP contribution in [0.4, 0.5) is 0 Å². The predicted octanol–water partition coefficient (Wildman–Crippen LogP) is 3.16. The van der Waals surface area contributed by atoms with Crippen LogP contribution in [0.1, 0.15) is 41.4 Å². The quantitative estimate of drug-likeness (QED) is 0.384. The Kier molecular flexibility index (Phi) is 5.55. The first-order valence-electron chi connectivity index (χ1n) is 7.51. The smallest absolute Gasteiger partial charge is 0.195 e. The van der Waals surface area contributed by atoms with Crippen molar-refractivity contribution < 1.29 is 19.5 Å². The molecular weight excluding hydrogens is 304 g/mol. The maximum Gasteiger partial charge on any atom is 0.195 e. The van der Waals surface area contributed by atoms with E-state index in [1.54, 1.807) is 48.5 Å². The molecule has 2 rings (SSSR count). The molecule has 1 N–H and O–H groups in total. The summed E-state index contributed by atoms with van der Waals surface area (Å²) in [7, 11) is 0. The van der Waals surface area contributed by atoms with E-state index >= 15 is 0 Å². The number of carbonyl (C=O) groups excluding carboxylic acids is 3. The lowest BCUT2D eigenvalue weighted by Gasteiger charge is -2.10. The molecule has 0 spiro atoms. The Hall–Kier alpha value is -2.85. The lowest BCUT2D eigenvalue weighted by atomic mass is 9.98. The molecule has 2 aromatic rings. The molecule has 0 amide bonds. The zero-order chi connectivity index (χ0) is 17.7. The van der Waals surface area contributed by atoms with Crippen LogP contribution in [0.2, 0.25) is 0 Å². The van der Waals surface area contributed by atoms with Gasteiger partial charge in [0.25, 0.3) is 0 Å². The van der Waals surface area contributed by atoms with Gasteiger partial charge in [0.1, 0.15) is 6.10 Å². The van der Waals surface area contributed by atoms with Gasteiger partial charge in [-0.3, -0.25) is 14.4 Å². The number of aliphatic hydroxyl groups excluding tert-OH is 1. The third-order valence-electron chi connectivity index (χ3n) is 3.63. The molecule has 0 aromatic heterocycles. The summed E-state index contributed by atoms with van der Waals surface area (Å²) in [6, 6.07) is 15.1. The fourth-order valence-corrected chi connectivity index (χ4v) is 2.31. The van der Waals surface area contributed by atoms with Gasteiger partial charge in [-0.05, 0) is 31.1 Å². The summed E-state index contributed by atoms with van der Waals surface area (Å²) < 4.78 is 0. The van der Waals surface area contributed by atoms with Crippen molar-refractivity contribution >= 4 is 23.4 Å². The number of rotatable bonds is 6. The summed E-state index contributed by atoms with van der Waals surface area (Å²) in [6.07, 6.45) is 0.268. The van der Waals surface area contributed by atoms with Gasteiger partial charge in [0.05, 0.1) is 5.57 Å². The molecular formula is C20H18O4. The van der Waals surface area contributed by atoms with Crippen molar-refractivity contribution in [2.45, 2.75) is 20.0 Å². The third kappa shape index (κ3) is 4.12. The second-order valence-electron chi connectivity index (χ2n) is 5.47. The molecule has 1 unspecified atom stereocenters. The Morgan fingerprint density at radius 1 is 0.875 bits per heavy atom. The number of benzene rings is 2. The largest absolute Gasteiger partial charge is 0.380 e. The molecule has 4 nitrogen and oxygen atoms in total. The Morgan fingerprint density at radius 2 is 1.42 bits per heavy atom. The molecule has 0 aliphatic rings. The number of carbonyl (C=O) groups is 3. The van der Waals surface area contributed by atoms with E-state index in [9.17, 15) is 19.5 Å². The van der Waals surface area contributed by atoms with Crippen LogP contribution < -0.4 is 0 Å². The summed E-state index contributed by atoms with van der Waals surface area (Å²) in [5, 5.41) is 10.2. The standard InChI is InChI=1S/C20H18O4/c1-13(21)18(14(2)22)12-15-8-10-17(11-9-15)20(24)19(23)16-6-4-3-5-7-16/h3-12,19,23H,1-2H3. The number of hydrogen-bond acceptors (Lipinski definition) is 4. The fraction of sp³-hybridized carbons (Fsp3) is 0.150. The van der Waals surface area contributed by atoms with E-state index in [-0.39, 0.29) is 17.1 Å². The minimum Gasteiger partial charge on any atom is -0.380 e. The third-order valence-corrected chi connectivity index (χ3v) is 3.63. The second kappa shape index (κ2) is 7.62. The highest BCUT2D eigenvalue weighted by atomic mass is 16.3. The molecule has 122 valence electrons. The van der Waals surface area contributed by atoms with Crippen LogP contribution in [-0.2, 0) is 9.59 Å². The molecule has 0 fully saturated rings. The Bertz CT molecular complexity index is 770. The number of ketones is 3. The summed E-state index contributed by atoms with van der Waals surface area (Å²) in [5.41, 5.74) is 1.64. The number of hydrogen-bond donors (Lipinski definition) is 1. The minimum atomic E-state index is -1.22. The summed E-state index contributed by atoms with van der Waals surface area (Å²) in [4.78, 5) is 35.2. The van der Waals surface area contributed by atoms with Crippen molar-refractivity contribution in [3.63, 3.8) is 0 Å².